The number of nitrogens with one attached hydrogen (secondary N) is 1. The molecule has 102 valence electrons. The summed E-state index contributed by atoms with van der Waals surface area (Å²) in [6, 6.07) is 3.95. The molecule has 0 saturated carbocycles. The van der Waals surface area contributed by atoms with Crippen LogP contribution in [0.25, 0.3) is 0 Å². The first kappa shape index (κ1) is 14.6. The topological polar surface area (TPSA) is 98.5 Å². The molecule has 0 unspecified atom stereocenters. The number of nitro benzene ring substituents is 1. The summed E-state index contributed by atoms with van der Waals surface area (Å²) in [5, 5.41) is 13.1. The first-order valence-corrected chi connectivity index (χ1v) is 5.47. The third-order valence-electron chi connectivity index (χ3n) is 2.03. The van der Waals surface area contributed by atoms with Gasteiger partial charge in [-0.2, -0.15) is 0 Å². The van der Waals surface area contributed by atoms with Crippen molar-refractivity contribution in [1.29, 1.82) is 0 Å². The predicted octanol–water partition coefficient (Wildman–Crippen LogP) is 2.75. The molecule has 1 aromatic carbocycles. The lowest BCUT2D eigenvalue weighted by Gasteiger charge is -2.19. The molecule has 7 nitrogen and oxygen atoms in total. The molecular formula is C12H14N2O5. The molecule has 0 aliphatic rings. The van der Waals surface area contributed by atoms with E-state index in [2.05, 4.69) is 5.32 Å². The van der Waals surface area contributed by atoms with E-state index in [-0.39, 0.29) is 16.9 Å². The van der Waals surface area contributed by atoms with Crippen molar-refractivity contribution in [2.45, 2.75) is 26.4 Å². The summed E-state index contributed by atoms with van der Waals surface area (Å²) in [5.41, 5.74) is -1.23. The van der Waals surface area contributed by atoms with Gasteiger partial charge in [0, 0.05) is 6.07 Å². The van der Waals surface area contributed by atoms with Crippen LogP contribution in [-0.2, 0) is 4.74 Å². The van der Waals surface area contributed by atoms with Crippen molar-refractivity contribution in [3.63, 3.8) is 0 Å². The number of amides is 1. The number of benzene rings is 1. The molecule has 0 radical (unpaired) electrons. The van der Waals surface area contributed by atoms with Crippen molar-refractivity contribution >= 4 is 23.8 Å². The van der Waals surface area contributed by atoms with E-state index in [4.69, 9.17) is 4.74 Å². The average molecular weight is 266 g/mol. The zero-order valence-corrected chi connectivity index (χ0v) is 10.8. The summed E-state index contributed by atoms with van der Waals surface area (Å²) in [5.74, 6) is 0. The van der Waals surface area contributed by atoms with Crippen molar-refractivity contribution in [2.75, 3.05) is 5.32 Å². The highest BCUT2D eigenvalue weighted by molar-refractivity contribution is 5.96. The van der Waals surface area contributed by atoms with E-state index < -0.39 is 16.6 Å². The minimum Gasteiger partial charge on any atom is -0.444 e. The van der Waals surface area contributed by atoms with E-state index in [1.165, 1.54) is 18.2 Å². The fourth-order valence-electron chi connectivity index (χ4n) is 1.36. The largest absolute Gasteiger partial charge is 0.444 e. The molecule has 7 heteroatoms. The SMILES string of the molecule is CC(C)(C)OC(=O)Nc1cccc([N+](=O)[O-])c1C=O. The zero-order chi connectivity index (χ0) is 14.6. The van der Waals surface area contributed by atoms with Crippen LogP contribution in [0, 0.1) is 10.1 Å². The molecule has 1 rings (SSSR count). The lowest BCUT2D eigenvalue weighted by atomic mass is 10.1. The highest BCUT2D eigenvalue weighted by Crippen LogP contribution is 2.24. The Balaban J connectivity index is 3.02. The van der Waals surface area contributed by atoms with Crippen LogP contribution in [-0.4, -0.2) is 22.9 Å². The van der Waals surface area contributed by atoms with Gasteiger partial charge in [0.1, 0.15) is 11.2 Å². The number of rotatable bonds is 3. The van der Waals surface area contributed by atoms with Crippen LogP contribution >= 0.6 is 0 Å². The Labute approximate surface area is 109 Å². The number of ether oxygens (including phenoxy) is 1. The highest BCUT2D eigenvalue weighted by Gasteiger charge is 2.21. The number of carbonyl (C=O) groups is 2. The van der Waals surface area contributed by atoms with Crippen LogP contribution in [0.1, 0.15) is 31.1 Å². The van der Waals surface area contributed by atoms with Gasteiger partial charge in [-0.25, -0.2) is 4.79 Å². The normalized spacial score (nSPS) is 10.7. The maximum atomic E-state index is 11.6. The Hall–Kier alpha value is -2.44. The lowest BCUT2D eigenvalue weighted by molar-refractivity contribution is -0.385. The second kappa shape index (κ2) is 5.47. The van der Waals surface area contributed by atoms with Crippen LogP contribution in [0.2, 0.25) is 0 Å². The first-order chi connectivity index (χ1) is 8.74. The van der Waals surface area contributed by atoms with E-state index in [0.29, 0.717) is 6.29 Å². The van der Waals surface area contributed by atoms with Gasteiger partial charge in [-0.05, 0) is 26.8 Å². The number of nitrogens with zero attached hydrogens (tertiary/aromatic N) is 1. The van der Waals surface area contributed by atoms with Crippen LogP contribution in [0.3, 0.4) is 0 Å². The molecule has 0 atom stereocenters. The second-order valence-electron chi connectivity index (χ2n) is 4.74. The first-order valence-electron chi connectivity index (χ1n) is 5.47. The Morgan fingerprint density at radius 1 is 1.42 bits per heavy atom. The van der Waals surface area contributed by atoms with Gasteiger partial charge >= 0.3 is 6.09 Å². The number of anilines is 1. The Bertz CT molecular complexity index is 519. The number of hydrogen-bond acceptors (Lipinski definition) is 5. The summed E-state index contributed by atoms with van der Waals surface area (Å²) >= 11 is 0. The van der Waals surface area contributed by atoms with Gasteiger partial charge in [-0.1, -0.05) is 6.07 Å². The fourth-order valence-corrected chi connectivity index (χ4v) is 1.36. The van der Waals surface area contributed by atoms with Crippen molar-refractivity contribution in [1.82, 2.24) is 0 Å². The standard InChI is InChI=1S/C12H14N2O5/c1-12(2,3)19-11(16)13-9-5-4-6-10(14(17)18)8(9)7-15/h4-7H,1-3H3,(H,13,16). The minimum absolute atomic E-state index is 0.0402. The molecule has 0 aliphatic heterocycles. The molecule has 0 heterocycles. The molecule has 19 heavy (non-hydrogen) atoms. The van der Waals surface area contributed by atoms with Crippen LogP contribution < -0.4 is 5.32 Å². The van der Waals surface area contributed by atoms with Gasteiger partial charge in [0.05, 0.1) is 10.6 Å². The van der Waals surface area contributed by atoms with Gasteiger partial charge in [0.25, 0.3) is 5.69 Å². The summed E-state index contributed by atoms with van der Waals surface area (Å²) in [6.07, 6.45) is -0.457. The maximum Gasteiger partial charge on any atom is 0.412 e. The molecule has 1 aromatic rings. The van der Waals surface area contributed by atoms with Crippen molar-refractivity contribution < 1.29 is 19.2 Å². The lowest BCUT2D eigenvalue weighted by Crippen LogP contribution is -2.27. The molecule has 1 amide bonds. The number of nitro groups is 1. The third-order valence-corrected chi connectivity index (χ3v) is 2.03. The van der Waals surface area contributed by atoms with E-state index in [9.17, 15) is 19.7 Å². The summed E-state index contributed by atoms with van der Waals surface area (Å²) < 4.78 is 5.01. The number of carbonyl (C=O) groups excluding carboxylic acids is 2. The zero-order valence-electron chi connectivity index (χ0n) is 10.8. The molecule has 0 bridgehead atoms. The van der Waals surface area contributed by atoms with Gasteiger partial charge in [-0.15, -0.1) is 0 Å². The van der Waals surface area contributed by atoms with E-state index >= 15 is 0 Å². The summed E-state index contributed by atoms with van der Waals surface area (Å²) in [6.45, 7) is 5.04. The Morgan fingerprint density at radius 2 is 2.05 bits per heavy atom. The number of aldehydes is 1. The Morgan fingerprint density at radius 3 is 2.53 bits per heavy atom. The fraction of sp³-hybridized carbons (Fsp3) is 0.333. The molecule has 1 N–H and O–H groups in total. The molecular weight excluding hydrogens is 252 g/mol. The predicted molar refractivity (Wildman–Crippen MR) is 68.3 cm³/mol. The molecule has 0 fully saturated rings. The monoisotopic (exact) mass is 266 g/mol. The van der Waals surface area contributed by atoms with Crippen molar-refractivity contribution in [2.24, 2.45) is 0 Å². The van der Waals surface area contributed by atoms with Gasteiger partial charge in [0.15, 0.2) is 6.29 Å². The molecule has 0 saturated heterocycles. The van der Waals surface area contributed by atoms with E-state index in [1.54, 1.807) is 20.8 Å². The summed E-state index contributed by atoms with van der Waals surface area (Å²) in [4.78, 5) is 32.5. The second-order valence-corrected chi connectivity index (χ2v) is 4.74. The van der Waals surface area contributed by atoms with Gasteiger partial charge in [0.2, 0.25) is 0 Å². The Kier molecular flexibility index (Phi) is 4.21. The third kappa shape index (κ3) is 4.06. The maximum absolute atomic E-state index is 11.6. The molecule has 0 spiro atoms. The van der Waals surface area contributed by atoms with Gasteiger partial charge in [-0.3, -0.25) is 20.2 Å². The minimum atomic E-state index is -0.781. The van der Waals surface area contributed by atoms with Crippen molar-refractivity contribution in [3.05, 3.63) is 33.9 Å². The molecule has 0 aliphatic carbocycles. The highest BCUT2D eigenvalue weighted by atomic mass is 16.6. The van der Waals surface area contributed by atoms with Crippen LogP contribution in [0.4, 0.5) is 16.2 Å². The van der Waals surface area contributed by atoms with Gasteiger partial charge < -0.3 is 4.74 Å². The smallest absolute Gasteiger partial charge is 0.412 e. The van der Waals surface area contributed by atoms with E-state index in [1.807, 2.05) is 0 Å². The average Bonchev–Trinajstić information content (AvgIpc) is 2.25. The van der Waals surface area contributed by atoms with Crippen LogP contribution in [0.5, 0.6) is 0 Å². The number of hydrogen-bond donors (Lipinski definition) is 1. The van der Waals surface area contributed by atoms with Crippen LogP contribution in [0.15, 0.2) is 18.2 Å². The molecule has 0 aromatic heterocycles. The van der Waals surface area contributed by atoms with Crippen molar-refractivity contribution in [3.8, 4) is 0 Å². The quantitative estimate of drug-likeness (QED) is 0.515. The summed E-state index contributed by atoms with van der Waals surface area (Å²) in [7, 11) is 0. The van der Waals surface area contributed by atoms with E-state index in [0.717, 1.165) is 0 Å².